The Balaban J connectivity index is 1.44. The van der Waals surface area contributed by atoms with E-state index in [1.807, 2.05) is 30.0 Å². The third-order valence-electron chi connectivity index (χ3n) is 5.24. The zero-order chi connectivity index (χ0) is 19.5. The number of amides is 1. The number of nitrogens with zero attached hydrogens (tertiary/aromatic N) is 4. The maximum Gasteiger partial charge on any atom is 0.275 e. The molecule has 0 spiro atoms. The highest BCUT2D eigenvalue weighted by Gasteiger charge is 2.21. The van der Waals surface area contributed by atoms with Gasteiger partial charge < -0.3 is 4.90 Å². The Kier molecular flexibility index (Phi) is 5.54. The van der Waals surface area contributed by atoms with Gasteiger partial charge in [-0.2, -0.15) is 5.10 Å². The van der Waals surface area contributed by atoms with E-state index in [9.17, 15) is 9.59 Å². The number of aromatic nitrogens is 2. The van der Waals surface area contributed by atoms with Crippen molar-refractivity contribution in [3.05, 3.63) is 62.7 Å². The van der Waals surface area contributed by atoms with Crippen molar-refractivity contribution >= 4 is 28.0 Å². The van der Waals surface area contributed by atoms with E-state index >= 15 is 0 Å². The molecule has 3 aromatic rings. The van der Waals surface area contributed by atoms with Crippen LogP contribution in [-0.4, -0.2) is 51.7 Å². The molecule has 0 unspecified atom stereocenters. The van der Waals surface area contributed by atoms with E-state index in [0.717, 1.165) is 43.7 Å². The van der Waals surface area contributed by atoms with E-state index in [2.05, 4.69) is 27.5 Å². The van der Waals surface area contributed by atoms with Gasteiger partial charge in [-0.05, 0) is 30.9 Å². The number of rotatable bonds is 4. The lowest BCUT2D eigenvalue weighted by Gasteiger charge is -2.22. The summed E-state index contributed by atoms with van der Waals surface area (Å²) in [7, 11) is 0. The molecule has 0 N–H and O–H groups in total. The lowest BCUT2D eigenvalue weighted by Crippen LogP contribution is -2.39. The van der Waals surface area contributed by atoms with Crippen LogP contribution in [0.2, 0.25) is 0 Å². The van der Waals surface area contributed by atoms with Crippen LogP contribution in [0.5, 0.6) is 0 Å². The summed E-state index contributed by atoms with van der Waals surface area (Å²) in [6, 6.07) is 11.6. The van der Waals surface area contributed by atoms with Crippen LogP contribution < -0.4 is 5.56 Å². The van der Waals surface area contributed by atoms with Gasteiger partial charge in [0.1, 0.15) is 6.54 Å². The average Bonchev–Trinajstić information content (AvgIpc) is 3.10. The van der Waals surface area contributed by atoms with E-state index in [1.54, 1.807) is 17.4 Å². The molecular weight excluding hydrogens is 372 g/mol. The second-order valence-electron chi connectivity index (χ2n) is 7.18. The molecule has 6 nitrogen and oxygen atoms in total. The van der Waals surface area contributed by atoms with Crippen molar-refractivity contribution in [2.45, 2.75) is 26.4 Å². The van der Waals surface area contributed by atoms with Gasteiger partial charge in [0.25, 0.3) is 5.56 Å². The average molecular weight is 397 g/mol. The van der Waals surface area contributed by atoms with Crippen LogP contribution >= 0.6 is 11.3 Å². The van der Waals surface area contributed by atoms with Gasteiger partial charge in [-0.1, -0.05) is 24.3 Å². The van der Waals surface area contributed by atoms with Crippen LogP contribution in [-0.2, 0) is 17.9 Å². The fraction of sp³-hybridized carbons (Fsp3) is 0.381. The minimum absolute atomic E-state index is 0.00453. The normalized spacial score (nSPS) is 15.7. The Hall–Kier alpha value is -2.51. The summed E-state index contributed by atoms with van der Waals surface area (Å²) >= 11 is 1.77. The number of hydrogen-bond acceptors (Lipinski definition) is 5. The van der Waals surface area contributed by atoms with E-state index in [-0.39, 0.29) is 18.0 Å². The van der Waals surface area contributed by atoms with Crippen LogP contribution in [0.3, 0.4) is 0 Å². The largest absolute Gasteiger partial charge is 0.340 e. The number of fused-ring (bicyclic) bond motifs is 1. The zero-order valence-electron chi connectivity index (χ0n) is 16.0. The standard InChI is InChI=1S/C21H24N4O2S/c1-16-18-7-2-3-8-19(18)21(27)25(22-16)15-20(26)24-10-5-9-23(11-12-24)14-17-6-4-13-28-17/h2-4,6-8,13H,5,9-12,14-15H2,1H3. The zero-order valence-corrected chi connectivity index (χ0v) is 16.8. The van der Waals surface area contributed by atoms with Gasteiger partial charge in [0.05, 0.1) is 11.1 Å². The van der Waals surface area contributed by atoms with Crippen molar-refractivity contribution in [2.24, 2.45) is 0 Å². The monoisotopic (exact) mass is 396 g/mol. The summed E-state index contributed by atoms with van der Waals surface area (Å²) in [4.78, 5) is 31.2. The quantitative estimate of drug-likeness (QED) is 0.680. The van der Waals surface area contributed by atoms with Gasteiger partial charge in [0.2, 0.25) is 5.91 Å². The first-order chi connectivity index (χ1) is 13.6. The van der Waals surface area contributed by atoms with Gasteiger partial charge in [0, 0.05) is 43.0 Å². The van der Waals surface area contributed by atoms with Crippen LogP contribution in [0, 0.1) is 6.92 Å². The summed E-state index contributed by atoms with van der Waals surface area (Å²) in [6.07, 6.45) is 0.941. The van der Waals surface area contributed by atoms with Crippen LogP contribution in [0.25, 0.3) is 10.8 Å². The molecule has 4 rings (SSSR count). The van der Waals surface area contributed by atoms with E-state index in [1.165, 1.54) is 9.56 Å². The highest BCUT2D eigenvalue weighted by atomic mass is 32.1. The first-order valence-electron chi connectivity index (χ1n) is 9.61. The molecule has 0 aliphatic carbocycles. The van der Waals surface area contributed by atoms with Gasteiger partial charge in [-0.15, -0.1) is 11.3 Å². The van der Waals surface area contributed by atoms with Gasteiger partial charge in [-0.25, -0.2) is 4.68 Å². The van der Waals surface area contributed by atoms with Gasteiger partial charge in [0.15, 0.2) is 0 Å². The molecule has 1 saturated heterocycles. The van der Waals surface area contributed by atoms with E-state index < -0.39 is 0 Å². The van der Waals surface area contributed by atoms with Crippen LogP contribution in [0.4, 0.5) is 0 Å². The minimum Gasteiger partial charge on any atom is -0.340 e. The second-order valence-corrected chi connectivity index (χ2v) is 8.22. The summed E-state index contributed by atoms with van der Waals surface area (Å²) in [5, 5.41) is 7.92. The highest BCUT2D eigenvalue weighted by Crippen LogP contribution is 2.14. The molecule has 3 heterocycles. The lowest BCUT2D eigenvalue weighted by atomic mass is 10.1. The molecule has 0 saturated carbocycles. The molecule has 0 atom stereocenters. The first kappa shape index (κ1) is 18.8. The Morgan fingerprint density at radius 3 is 2.68 bits per heavy atom. The highest BCUT2D eigenvalue weighted by molar-refractivity contribution is 7.09. The Bertz CT molecular complexity index is 1030. The van der Waals surface area contributed by atoms with E-state index in [0.29, 0.717) is 11.9 Å². The molecule has 1 amide bonds. The molecule has 0 radical (unpaired) electrons. The second kappa shape index (κ2) is 8.24. The lowest BCUT2D eigenvalue weighted by molar-refractivity contribution is -0.132. The number of carbonyl (C=O) groups excluding carboxylic acids is 1. The number of hydrogen-bond donors (Lipinski definition) is 0. The number of carbonyl (C=O) groups is 1. The molecule has 28 heavy (non-hydrogen) atoms. The SMILES string of the molecule is Cc1nn(CC(=O)N2CCCN(Cc3cccs3)CC2)c(=O)c2ccccc12. The van der Waals surface area contributed by atoms with Crippen LogP contribution in [0.1, 0.15) is 17.0 Å². The van der Waals surface area contributed by atoms with Gasteiger partial charge >= 0.3 is 0 Å². The molecule has 1 aliphatic rings. The first-order valence-corrected chi connectivity index (χ1v) is 10.5. The fourth-order valence-electron chi connectivity index (χ4n) is 3.74. The molecule has 1 aromatic carbocycles. The van der Waals surface area contributed by atoms with Crippen molar-refractivity contribution in [3.8, 4) is 0 Å². The fourth-order valence-corrected chi connectivity index (χ4v) is 4.49. The van der Waals surface area contributed by atoms with Gasteiger partial charge in [-0.3, -0.25) is 14.5 Å². The topological polar surface area (TPSA) is 58.4 Å². The number of benzene rings is 1. The summed E-state index contributed by atoms with van der Waals surface area (Å²) in [5.74, 6) is -0.0396. The van der Waals surface area contributed by atoms with Crippen molar-refractivity contribution in [1.29, 1.82) is 0 Å². The molecule has 1 fully saturated rings. The summed E-state index contributed by atoms with van der Waals surface area (Å²) < 4.78 is 1.31. The minimum atomic E-state index is -0.205. The summed E-state index contributed by atoms with van der Waals surface area (Å²) in [5.41, 5.74) is 0.560. The maximum atomic E-state index is 12.9. The molecule has 146 valence electrons. The van der Waals surface area contributed by atoms with Crippen molar-refractivity contribution in [2.75, 3.05) is 26.2 Å². The van der Waals surface area contributed by atoms with Crippen LogP contribution in [0.15, 0.2) is 46.6 Å². The Morgan fingerprint density at radius 1 is 1.07 bits per heavy atom. The summed E-state index contributed by atoms with van der Waals surface area (Å²) in [6.45, 7) is 6.04. The smallest absolute Gasteiger partial charge is 0.275 e. The molecule has 0 bridgehead atoms. The number of thiophene rings is 1. The molecular formula is C21H24N4O2S. The maximum absolute atomic E-state index is 12.9. The predicted octanol–water partition coefficient (Wildman–Crippen LogP) is 2.50. The Morgan fingerprint density at radius 2 is 1.89 bits per heavy atom. The van der Waals surface area contributed by atoms with Crippen molar-refractivity contribution in [1.82, 2.24) is 19.6 Å². The Labute approximate surface area is 168 Å². The third-order valence-corrected chi connectivity index (χ3v) is 6.10. The number of aryl methyl sites for hydroxylation is 1. The van der Waals surface area contributed by atoms with Crippen molar-refractivity contribution < 1.29 is 4.79 Å². The molecule has 7 heteroatoms. The molecule has 2 aromatic heterocycles. The third kappa shape index (κ3) is 4.00. The predicted molar refractivity (Wildman–Crippen MR) is 112 cm³/mol. The molecule has 1 aliphatic heterocycles. The van der Waals surface area contributed by atoms with Crippen molar-refractivity contribution in [3.63, 3.8) is 0 Å². The van der Waals surface area contributed by atoms with E-state index in [4.69, 9.17) is 0 Å².